The fourth-order valence-corrected chi connectivity index (χ4v) is 4.29. The molecule has 0 aromatic carbocycles. The maximum absolute atomic E-state index is 12.5. The first-order valence-corrected chi connectivity index (χ1v) is 9.70. The van der Waals surface area contributed by atoms with Crippen molar-refractivity contribution in [3.63, 3.8) is 0 Å². The highest BCUT2D eigenvalue weighted by molar-refractivity contribution is 5.71. The van der Waals surface area contributed by atoms with E-state index >= 15 is 0 Å². The number of piperazine rings is 1. The highest BCUT2D eigenvalue weighted by Gasteiger charge is 2.46. The first-order chi connectivity index (χ1) is 12.5. The molecule has 1 amide bonds. The number of methoxy groups -OCH3 is 1. The molecule has 0 bridgehead atoms. The van der Waals surface area contributed by atoms with Crippen molar-refractivity contribution in [3.8, 4) is 0 Å². The molecule has 0 spiro atoms. The minimum atomic E-state index is -0.167. The zero-order chi connectivity index (χ0) is 18.7. The van der Waals surface area contributed by atoms with Gasteiger partial charge >= 0.3 is 12.1 Å². The Hall–Kier alpha value is -1.38. The van der Waals surface area contributed by atoms with Crippen LogP contribution in [0.3, 0.4) is 0 Å². The van der Waals surface area contributed by atoms with Crippen molar-refractivity contribution in [1.82, 2.24) is 19.6 Å². The van der Waals surface area contributed by atoms with Crippen molar-refractivity contribution in [2.75, 3.05) is 60.0 Å². The molecule has 0 saturated carbocycles. The third-order valence-corrected chi connectivity index (χ3v) is 5.99. The molecule has 0 N–H and O–H groups in total. The van der Waals surface area contributed by atoms with Gasteiger partial charge in [-0.05, 0) is 39.9 Å². The van der Waals surface area contributed by atoms with E-state index in [9.17, 15) is 9.59 Å². The van der Waals surface area contributed by atoms with Crippen LogP contribution in [-0.4, -0.2) is 110 Å². The third kappa shape index (κ3) is 4.29. The van der Waals surface area contributed by atoms with Crippen LogP contribution >= 0.6 is 0 Å². The van der Waals surface area contributed by atoms with Gasteiger partial charge < -0.3 is 19.3 Å². The number of hydrogen-bond acceptors (Lipinski definition) is 7. The molecule has 3 heterocycles. The SMILES string of the molecule is COC(=O)CCN1CCN(C2OC(=O)N(C3CCN(C)CC3)C2C)CC1. The summed E-state index contributed by atoms with van der Waals surface area (Å²) < 4.78 is 10.5. The van der Waals surface area contributed by atoms with Gasteiger partial charge in [0.15, 0.2) is 6.23 Å². The lowest BCUT2D eigenvalue weighted by atomic mass is 10.0. The van der Waals surface area contributed by atoms with E-state index < -0.39 is 0 Å². The van der Waals surface area contributed by atoms with Gasteiger partial charge in [-0.3, -0.25) is 14.6 Å². The second-order valence-corrected chi connectivity index (χ2v) is 7.66. The molecule has 26 heavy (non-hydrogen) atoms. The second kappa shape index (κ2) is 8.54. The van der Waals surface area contributed by atoms with E-state index in [1.165, 1.54) is 7.11 Å². The fraction of sp³-hybridized carbons (Fsp3) is 0.889. The number of esters is 1. The van der Waals surface area contributed by atoms with Gasteiger partial charge in [0.25, 0.3) is 0 Å². The maximum Gasteiger partial charge on any atom is 0.412 e. The van der Waals surface area contributed by atoms with Gasteiger partial charge in [0, 0.05) is 38.8 Å². The molecule has 148 valence electrons. The molecule has 2 atom stereocenters. The van der Waals surface area contributed by atoms with E-state index in [-0.39, 0.29) is 24.3 Å². The Morgan fingerprint density at radius 2 is 1.81 bits per heavy atom. The summed E-state index contributed by atoms with van der Waals surface area (Å²) in [6.07, 6.45) is 2.14. The fourth-order valence-electron chi connectivity index (χ4n) is 4.29. The van der Waals surface area contributed by atoms with Gasteiger partial charge in [-0.2, -0.15) is 0 Å². The standard InChI is InChI=1S/C18H32N4O4/c1-14-17(21-12-10-20(11-13-21)9-6-16(23)25-3)26-18(24)22(14)15-4-7-19(2)8-5-15/h14-15,17H,4-13H2,1-3H3. The molecule has 0 aromatic heterocycles. The zero-order valence-corrected chi connectivity index (χ0v) is 16.2. The Bertz CT molecular complexity index is 501. The Morgan fingerprint density at radius 3 is 2.42 bits per heavy atom. The van der Waals surface area contributed by atoms with Crippen LogP contribution in [-0.2, 0) is 14.3 Å². The van der Waals surface area contributed by atoms with Gasteiger partial charge in [0.05, 0.1) is 19.6 Å². The normalized spacial score (nSPS) is 29.8. The van der Waals surface area contributed by atoms with Gasteiger partial charge in [-0.25, -0.2) is 4.79 Å². The number of carbonyl (C=O) groups is 2. The molecule has 3 fully saturated rings. The molecule has 8 nitrogen and oxygen atoms in total. The zero-order valence-electron chi connectivity index (χ0n) is 16.2. The minimum Gasteiger partial charge on any atom is -0.469 e. The van der Waals surface area contributed by atoms with Crippen LogP contribution in [0, 0.1) is 0 Å². The minimum absolute atomic E-state index is 0.0810. The molecule has 3 rings (SSSR count). The van der Waals surface area contributed by atoms with Crippen molar-refractivity contribution >= 4 is 12.1 Å². The largest absolute Gasteiger partial charge is 0.469 e. The van der Waals surface area contributed by atoms with E-state index in [0.29, 0.717) is 12.5 Å². The lowest BCUT2D eigenvalue weighted by Crippen LogP contribution is -2.55. The summed E-state index contributed by atoms with van der Waals surface area (Å²) in [4.78, 5) is 32.6. The quantitative estimate of drug-likeness (QED) is 0.652. The molecular weight excluding hydrogens is 336 g/mol. The predicted molar refractivity (Wildman–Crippen MR) is 96.7 cm³/mol. The molecule has 3 aliphatic rings. The summed E-state index contributed by atoms with van der Waals surface area (Å²) >= 11 is 0. The second-order valence-electron chi connectivity index (χ2n) is 7.66. The average molecular weight is 368 g/mol. The number of cyclic esters (lactones) is 1. The number of ether oxygens (including phenoxy) is 2. The molecule has 0 radical (unpaired) electrons. The number of amides is 1. The topological polar surface area (TPSA) is 65.6 Å². The Morgan fingerprint density at radius 1 is 1.15 bits per heavy atom. The van der Waals surface area contributed by atoms with Crippen molar-refractivity contribution in [1.29, 1.82) is 0 Å². The summed E-state index contributed by atoms with van der Waals surface area (Å²) in [5.74, 6) is -0.167. The van der Waals surface area contributed by atoms with Crippen LogP contribution in [0.2, 0.25) is 0 Å². The van der Waals surface area contributed by atoms with Crippen molar-refractivity contribution in [3.05, 3.63) is 0 Å². The maximum atomic E-state index is 12.5. The molecule has 2 unspecified atom stereocenters. The van der Waals surface area contributed by atoms with E-state index in [1.54, 1.807) is 0 Å². The van der Waals surface area contributed by atoms with E-state index in [1.807, 2.05) is 4.90 Å². The van der Waals surface area contributed by atoms with Crippen LogP contribution < -0.4 is 0 Å². The van der Waals surface area contributed by atoms with Crippen molar-refractivity contribution < 1.29 is 19.1 Å². The molecule has 3 aliphatic heterocycles. The first-order valence-electron chi connectivity index (χ1n) is 9.70. The Kier molecular flexibility index (Phi) is 6.37. The van der Waals surface area contributed by atoms with Crippen molar-refractivity contribution in [2.24, 2.45) is 0 Å². The summed E-state index contributed by atoms with van der Waals surface area (Å²) in [6, 6.07) is 0.373. The Balaban J connectivity index is 1.50. The number of carbonyl (C=O) groups excluding carboxylic acids is 2. The van der Waals surface area contributed by atoms with Gasteiger partial charge in [0.2, 0.25) is 0 Å². The molecule has 0 aromatic rings. The molecule has 0 aliphatic carbocycles. The van der Waals surface area contributed by atoms with Crippen LogP contribution in [0.4, 0.5) is 4.79 Å². The lowest BCUT2D eigenvalue weighted by molar-refractivity contribution is -0.141. The van der Waals surface area contributed by atoms with Gasteiger partial charge in [-0.15, -0.1) is 0 Å². The number of nitrogens with zero attached hydrogens (tertiary/aromatic N) is 4. The predicted octanol–water partition coefficient (Wildman–Crippen LogP) is 0.428. The number of piperidine rings is 1. The average Bonchev–Trinajstić information content (AvgIpc) is 2.95. The molecule has 8 heteroatoms. The van der Waals surface area contributed by atoms with Gasteiger partial charge in [0.1, 0.15) is 0 Å². The van der Waals surface area contributed by atoms with E-state index in [2.05, 4.69) is 28.7 Å². The molecule has 3 saturated heterocycles. The van der Waals surface area contributed by atoms with E-state index in [0.717, 1.165) is 58.7 Å². The smallest absolute Gasteiger partial charge is 0.412 e. The number of rotatable bonds is 5. The number of hydrogen-bond donors (Lipinski definition) is 0. The van der Waals surface area contributed by atoms with Crippen molar-refractivity contribution in [2.45, 2.75) is 44.5 Å². The summed E-state index contributed by atoms with van der Waals surface area (Å²) in [7, 11) is 3.55. The Labute approximate surface area is 156 Å². The highest BCUT2D eigenvalue weighted by Crippen LogP contribution is 2.29. The highest BCUT2D eigenvalue weighted by atomic mass is 16.6. The summed E-state index contributed by atoms with van der Waals surface area (Å²) in [5, 5.41) is 0. The lowest BCUT2D eigenvalue weighted by Gasteiger charge is -2.39. The first kappa shape index (κ1) is 19.4. The number of likely N-dealkylation sites (tertiary alicyclic amines) is 1. The monoisotopic (exact) mass is 368 g/mol. The van der Waals surface area contributed by atoms with Crippen LogP contribution in [0.5, 0.6) is 0 Å². The van der Waals surface area contributed by atoms with Crippen LogP contribution in [0.15, 0.2) is 0 Å². The van der Waals surface area contributed by atoms with E-state index in [4.69, 9.17) is 9.47 Å². The summed E-state index contributed by atoms with van der Waals surface area (Å²) in [5.41, 5.74) is 0. The summed E-state index contributed by atoms with van der Waals surface area (Å²) in [6.45, 7) is 8.36. The van der Waals surface area contributed by atoms with Gasteiger partial charge in [-0.1, -0.05) is 0 Å². The third-order valence-electron chi connectivity index (χ3n) is 5.99. The van der Waals surface area contributed by atoms with Crippen LogP contribution in [0.1, 0.15) is 26.2 Å². The molecular formula is C18H32N4O4. The van der Waals surface area contributed by atoms with Crippen LogP contribution in [0.25, 0.3) is 0 Å².